The highest BCUT2D eigenvalue weighted by Crippen LogP contribution is 2.29. The Morgan fingerprint density at radius 3 is 2.93 bits per heavy atom. The molecular formula is C9H15N5O. The summed E-state index contributed by atoms with van der Waals surface area (Å²) in [6.45, 7) is 0.605. The molecule has 1 aliphatic rings. The molecule has 15 heavy (non-hydrogen) atoms. The van der Waals surface area contributed by atoms with Crippen molar-refractivity contribution in [2.45, 2.75) is 24.8 Å². The fourth-order valence-corrected chi connectivity index (χ4v) is 1.62. The molecule has 1 saturated carbocycles. The lowest BCUT2D eigenvalue weighted by atomic mass is 9.78. The molecule has 1 heterocycles. The minimum absolute atomic E-state index is 0.112. The first-order chi connectivity index (χ1) is 7.11. The molecule has 0 spiro atoms. The topological polar surface area (TPSA) is 110 Å². The summed E-state index contributed by atoms with van der Waals surface area (Å²) in [7, 11) is 0. The molecule has 0 aromatic carbocycles. The van der Waals surface area contributed by atoms with Gasteiger partial charge in [0.1, 0.15) is 5.69 Å². The van der Waals surface area contributed by atoms with Gasteiger partial charge in [0, 0.05) is 12.1 Å². The first kappa shape index (κ1) is 9.97. The van der Waals surface area contributed by atoms with E-state index < -0.39 is 0 Å². The fraction of sp³-hybridized carbons (Fsp3) is 0.556. The molecule has 1 aromatic heterocycles. The van der Waals surface area contributed by atoms with Crippen molar-refractivity contribution < 1.29 is 0 Å². The van der Waals surface area contributed by atoms with Crippen LogP contribution in [0.2, 0.25) is 0 Å². The van der Waals surface area contributed by atoms with Gasteiger partial charge in [-0.25, -0.2) is 4.98 Å². The molecular weight excluding hydrogens is 194 g/mol. The Bertz CT molecular complexity index is 409. The molecule has 6 heteroatoms. The van der Waals surface area contributed by atoms with Gasteiger partial charge in [-0.2, -0.15) is 0 Å². The molecule has 6 nitrogen and oxygen atoms in total. The normalized spacial score (nSPS) is 18.2. The highest BCUT2D eigenvalue weighted by atomic mass is 16.1. The number of nitrogens with two attached hydrogens (primary N) is 2. The Hall–Kier alpha value is -1.56. The van der Waals surface area contributed by atoms with Crippen molar-refractivity contribution in [3.05, 3.63) is 16.7 Å². The van der Waals surface area contributed by atoms with Crippen LogP contribution in [0.15, 0.2) is 11.1 Å². The van der Waals surface area contributed by atoms with Crippen molar-refractivity contribution in [2.75, 3.05) is 17.6 Å². The average Bonchev–Trinajstić information content (AvgIpc) is 2.17. The third-order valence-electron chi connectivity index (χ3n) is 2.85. The van der Waals surface area contributed by atoms with E-state index in [9.17, 15) is 4.79 Å². The number of aromatic amines is 1. The third-order valence-corrected chi connectivity index (χ3v) is 2.85. The van der Waals surface area contributed by atoms with Gasteiger partial charge in [0.15, 0.2) is 5.82 Å². The molecule has 0 bridgehead atoms. The minimum atomic E-state index is -0.327. The van der Waals surface area contributed by atoms with Crippen LogP contribution in [0.4, 0.5) is 11.5 Å². The van der Waals surface area contributed by atoms with Gasteiger partial charge in [-0.3, -0.25) is 4.79 Å². The SMILES string of the molecule is Nc1c(NCC2(N)CCC2)nc[nH]c1=O. The molecule has 0 aliphatic heterocycles. The largest absolute Gasteiger partial charge is 0.391 e. The summed E-state index contributed by atoms with van der Waals surface area (Å²) in [5.74, 6) is 0.412. The van der Waals surface area contributed by atoms with E-state index in [1.54, 1.807) is 0 Å². The van der Waals surface area contributed by atoms with E-state index in [0.29, 0.717) is 12.4 Å². The van der Waals surface area contributed by atoms with Gasteiger partial charge < -0.3 is 21.8 Å². The van der Waals surface area contributed by atoms with E-state index in [0.717, 1.165) is 19.3 Å². The van der Waals surface area contributed by atoms with Gasteiger partial charge in [0.2, 0.25) is 0 Å². The molecule has 0 atom stereocenters. The van der Waals surface area contributed by atoms with Crippen molar-refractivity contribution >= 4 is 11.5 Å². The Morgan fingerprint density at radius 2 is 2.33 bits per heavy atom. The summed E-state index contributed by atoms with van der Waals surface area (Å²) in [4.78, 5) is 17.5. The van der Waals surface area contributed by atoms with E-state index in [4.69, 9.17) is 11.5 Å². The summed E-state index contributed by atoms with van der Waals surface area (Å²) in [6.07, 6.45) is 4.49. The number of nitrogens with one attached hydrogen (secondary N) is 2. The summed E-state index contributed by atoms with van der Waals surface area (Å²) in [5.41, 5.74) is 11.2. The van der Waals surface area contributed by atoms with Gasteiger partial charge in [-0.15, -0.1) is 0 Å². The van der Waals surface area contributed by atoms with E-state index in [2.05, 4.69) is 15.3 Å². The van der Waals surface area contributed by atoms with Crippen LogP contribution in [0.3, 0.4) is 0 Å². The highest BCUT2D eigenvalue weighted by Gasteiger charge is 2.32. The lowest BCUT2D eigenvalue weighted by Gasteiger charge is -2.38. The average molecular weight is 209 g/mol. The number of aromatic nitrogens is 2. The van der Waals surface area contributed by atoms with Crippen LogP contribution in [0.25, 0.3) is 0 Å². The standard InChI is InChI=1S/C9H15N5O/c10-6-7(13-5-14-8(6)15)12-4-9(11)2-1-3-9/h5H,1-4,10-11H2,(H2,12,13,14,15). The number of H-pyrrole nitrogens is 1. The number of rotatable bonds is 3. The molecule has 1 aromatic rings. The Balaban J connectivity index is 2.05. The summed E-state index contributed by atoms with van der Waals surface area (Å²) < 4.78 is 0. The van der Waals surface area contributed by atoms with Gasteiger partial charge >= 0.3 is 0 Å². The maximum absolute atomic E-state index is 11.2. The van der Waals surface area contributed by atoms with Crippen molar-refractivity contribution in [1.82, 2.24) is 9.97 Å². The van der Waals surface area contributed by atoms with E-state index >= 15 is 0 Å². The fourth-order valence-electron chi connectivity index (χ4n) is 1.62. The van der Waals surface area contributed by atoms with Crippen LogP contribution in [-0.2, 0) is 0 Å². The molecule has 1 aliphatic carbocycles. The van der Waals surface area contributed by atoms with E-state index in [1.807, 2.05) is 0 Å². The Labute approximate surface area is 87.1 Å². The van der Waals surface area contributed by atoms with Crippen LogP contribution in [0, 0.1) is 0 Å². The van der Waals surface area contributed by atoms with Crippen LogP contribution >= 0.6 is 0 Å². The lowest BCUT2D eigenvalue weighted by Crippen LogP contribution is -2.52. The van der Waals surface area contributed by atoms with Gasteiger partial charge in [-0.1, -0.05) is 0 Å². The first-order valence-electron chi connectivity index (χ1n) is 4.97. The van der Waals surface area contributed by atoms with Gasteiger partial charge in [0.25, 0.3) is 5.56 Å². The molecule has 0 amide bonds. The molecule has 0 saturated heterocycles. The van der Waals surface area contributed by atoms with E-state index in [-0.39, 0.29) is 16.8 Å². The van der Waals surface area contributed by atoms with Gasteiger partial charge in [-0.05, 0) is 19.3 Å². The molecule has 0 radical (unpaired) electrons. The summed E-state index contributed by atoms with van der Waals surface area (Å²) in [6, 6.07) is 0. The first-order valence-corrected chi connectivity index (χ1v) is 4.97. The third kappa shape index (κ3) is 1.94. The van der Waals surface area contributed by atoms with Gasteiger partial charge in [0.05, 0.1) is 6.33 Å². The second-order valence-corrected chi connectivity index (χ2v) is 4.06. The number of nitrogens with zero attached hydrogens (tertiary/aromatic N) is 1. The maximum atomic E-state index is 11.2. The zero-order valence-corrected chi connectivity index (χ0v) is 8.42. The Morgan fingerprint density at radius 1 is 1.60 bits per heavy atom. The van der Waals surface area contributed by atoms with Crippen LogP contribution in [0.1, 0.15) is 19.3 Å². The van der Waals surface area contributed by atoms with Crippen molar-refractivity contribution in [2.24, 2.45) is 5.73 Å². The monoisotopic (exact) mass is 209 g/mol. The lowest BCUT2D eigenvalue weighted by molar-refractivity contribution is 0.265. The summed E-state index contributed by atoms with van der Waals surface area (Å²) >= 11 is 0. The van der Waals surface area contributed by atoms with Crippen molar-refractivity contribution in [3.63, 3.8) is 0 Å². The maximum Gasteiger partial charge on any atom is 0.276 e. The zero-order valence-electron chi connectivity index (χ0n) is 8.42. The van der Waals surface area contributed by atoms with Crippen LogP contribution in [0.5, 0.6) is 0 Å². The second-order valence-electron chi connectivity index (χ2n) is 4.06. The summed E-state index contributed by atoms with van der Waals surface area (Å²) in [5, 5.41) is 3.02. The zero-order chi connectivity index (χ0) is 10.9. The predicted molar refractivity (Wildman–Crippen MR) is 58.5 cm³/mol. The van der Waals surface area contributed by atoms with E-state index in [1.165, 1.54) is 6.33 Å². The van der Waals surface area contributed by atoms with Crippen LogP contribution in [-0.4, -0.2) is 22.1 Å². The van der Waals surface area contributed by atoms with Crippen LogP contribution < -0.4 is 22.3 Å². The quantitative estimate of drug-likeness (QED) is 0.543. The smallest absolute Gasteiger partial charge is 0.276 e. The molecule has 6 N–H and O–H groups in total. The number of hydrogen-bond acceptors (Lipinski definition) is 5. The van der Waals surface area contributed by atoms with Crippen molar-refractivity contribution in [3.8, 4) is 0 Å². The predicted octanol–water partition coefficient (Wildman–Crippen LogP) is -0.355. The van der Waals surface area contributed by atoms with Crippen molar-refractivity contribution in [1.29, 1.82) is 0 Å². The molecule has 82 valence electrons. The minimum Gasteiger partial charge on any atom is -0.391 e. The highest BCUT2D eigenvalue weighted by molar-refractivity contribution is 5.59. The molecule has 1 fully saturated rings. The Kier molecular flexibility index (Phi) is 2.36. The number of nitrogen functional groups attached to an aromatic ring is 1. The second kappa shape index (κ2) is 3.54. The number of anilines is 2. The number of hydrogen-bond donors (Lipinski definition) is 4. The molecule has 2 rings (SSSR count). The molecule has 0 unspecified atom stereocenters.